The summed E-state index contributed by atoms with van der Waals surface area (Å²) in [5, 5.41) is 59.4. The monoisotopic (exact) mass is 1120 g/mol. The summed E-state index contributed by atoms with van der Waals surface area (Å²) in [4.78, 5) is 150. The molecule has 1 aromatic carbocycles. The summed E-state index contributed by atoms with van der Waals surface area (Å²) in [6.45, 7) is 6.16. The number of carbonyl (C=O) groups is 11. The van der Waals surface area contributed by atoms with Gasteiger partial charge >= 0.3 is 0 Å². The molecule has 0 aromatic heterocycles. The second kappa shape index (κ2) is 36.5. The second-order valence-corrected chi connectivity index (χ2v) is 19.9. The molecule has 10 amide bonds. The van der Waals surface area contributed by atoms with Gasteiger partial charge in [-0.15, -0.1) is 0 Å². The van der Waals surface area contributed by atoms with Gasteiger partial charge in [0.05, 0.1) is 25.4 Å². The van der Waals surface area contributed by atoms with Crippen molar-refractivity contribution >= 4 is 64.9 Å². The van der Waals surface area contributed by atoms with Crippen LogP contribution in [0.1, 0.15) is 98.0 Å². The van der Waals surface area contributed by atoms with E-state index in [2.05, 4.69) is 58.5 Å². The molecule has 1 aromatic rings. The Kier molecular flexibility index (Phi) is 31.6. The third kappa shape index (κ3) is 25.3. The smallest absolute Gasteiger partial charge is 0.245 e. The number of carbonyl (C=O) groups excluding carboxylic acids is 11. The molecule has 0 aliphatic carbocycles. The normalized spacial score (nSPS) is 22.9. The average molecular weight is 1120 g/mol. The minimum atomic E-state index is -1.82. The number of hydrogen-bond acceptors (Lipinski definition) is 18. The summed E-state index contributed by atoms with van der Waals surface area (Å²) in [5.41, 5.74) is 18.1. The first-order chi connectivity index (χ1) is 37.5. The van der Waals surface area contributed by atoms with E-state index < -0.39 is 145 Å². The molecule has 0 saturated carbocycles. The zero-order valence-electron chi connectivity index (χ0n) is 45.9. The largest absolute Gasteiger partial charge is 0.394 e. The van der Waals surface area contributed by atoms with Crippen LogP contribution in [0.4, 0.5) is 0 Å². The van der Waals surface area contributed by atoms with Crippen molar-refractivity contribution in [2.45, 2.75) is 165 Å². The molecule has 2 rings (SSSR count). The van der Waals surface area contributed by atoms with Crippen molar-refractivity contribution in [2.75, 3.05) is 45.9 Å². The number of amides is 10. The van der Waals surface area contributed by atoms with E-state index in [1.54, 1.807) is 44.2 Å². The van der Waals surface area contributed by atoms with Crippen LogP contribution in [-0.2, 0) is 59.2 Å². The first-order valence-electron chi connectivity index (χ1n) is 26.8. The van der Waals surface area contributed by atoms with Crippen LogP contribution >= 0.6 is 0 Å². The Balaban J connectivity index is 2.62. The molecular weight excluding hydrogens is 1030 g/mol. The number of rotatable bonds is 26. The van der Waals surface area contributed by atoms with Crippen LogP contribution in [0.3, 0.4) is 0 Å². The van der Waals surface area contributed by atoms with E-state index in [-0.39, 0.29) is 76.4 Å². The number of aliphatic hydroxyl groups excluding tert-OH is 3. The molecule has 0 spiro atoms. The van der Waals surface area contributed by atoms with Crippen molar-refractivity contribution in [3.63, 3.8) is 0 Å². The number of hydrogen-bond donors (Lipinski definition) is 17. The van der Waals surface area contributed by atoms with Crippen LogP contribution in [0.15, 0.2) is 30.3 Å². The van der Waals surface area contributed by atoms with E-state index in [4.69, 9.17) is 17.2 Å². The average Bonchev–Trinajstić information content (AvgIpc) is 3.39. The lowest BCUT2D eigenvalue weighted by molar-refractivity contribution is -0.137. The van der Waals surface area contributed by atoms with E-state index in [0.29, 0.717) is 31.4 Å². The van der Waals surface area contributed by atoms with Crippen molar-refractivity contribution < 1.29 is 68.1 Å². The number of nitrogens with two attached hydrogens (primary N) is 3. The van der Waals surface area contributed by atoms with Crippen LogP contribution < -0.4 is 75.7 Å². The number of nitrogens with one attached hydrogen (secondary N) is 11. The summed E-state index contributed by atoms with van der Waals surface area (Å²) in [7, 11) is 0. The highest BCUT2D eigenvalue weighted by atomic mass is 16.3. The van der Waals surface area contributed by atoms with E-state index in [1.807, 2.05) is 0 Å². The van der Waals surface area contributed by atoms with Crippen LogP contribution in [0, 0.1) is 5.92 Å². The fraction of sp³-hybridized carbons (Fsp3) is 0.667. The zero-order chi connectivity index (χ0) is 59.2. The molecule has 28 nitrogen and oxygen atoms in total. The van der Waals surface area contributed by atoms with Crippen LogP contribution in [0.5, 0.6) is 0 Å². The molecule has 1 fully saturated rings. The SMILES string of the molecule is CC(=O)CNCCCCCC(=O)N[C@H](C(=O)N[C@H](CO)C(=O)N[C@H]1CCNC(=O)[C@H]([C@@H](C)O)NC(=O)[C@H](CCN)NC(=O)[C@H](CCN)NC(=O)[C@H](CC(C)C)NC(=O)[C@@H](Cc2ccccc2)NC(=O)[C@H](CCN)NC1=O)[C@@H](C)O. The van der Waals surface area contributed by atoms with Crippen molar-refractivity contribution in [3.8, 4) is 0 Å². The van der Waals surface area contributed by atoms with Gasteiger partial charge in [-0.1, -0.05) is 50.6 Å². The Hall–Kier alpha value is -6.69. The quantitative estimate of drug-likeness (QED) is 0.0384. The van der Waals surface area contributed by atoms with E-state index in [0.717, 1.165) is 0 Å². The predicted molar refractivity (Wildman–Crippen MR) is 288 cm³/mol. The van der Waals surface area contributed by atoms with E-state index >= 15 is 0 Å². The molecular formula is C51H86N14O14. The van der Waals surface area contributed by atoms with Gasteiger partial charge in [0.25, 0.3) is 0 Å². The number of ketones is 1. The lowest BCUT2D eigenvalue weighted by Crippen LogP contribution is -2.61. The van der Waals surface area contributed by atoms with Gasteiger partial charge in [0.2, 0.25) is 59.1 Å². The zero-order valence-corrected chi connectivity index (χ0v) is 45.9. The summed E-state index contributed by atoms with van der Waals surface area (Å²) in [6, 6.07) is -5.28. The van der Waals surface area contributed by atoms with Crippen molar-refractivity contribution in [1.82, 2.24) is 58.5 Å². The number of unbranched alkanes of at least 4 members (excludes halogenated alkanes) is 2. The van der Waals surface area contributed by atoms with Crippen LogP contribution in [-0.4, -0.2) is 193 Å². The van der Waals surface area contributed by atoms with Crippen LogP contribution in [0.2, 0.25) is 0 Å². The Labute approximate surface area is 460 Å². The van der Waals surface area contributed by atoms with Gasteiger partial charge in [0.15, 0.2) is 0 Å². The maximum atomic E-state index is 14.3. The van der Waals surface area contributed by atoms with Crippen molar-refractivity contribution in [2.24, 2.45) is 23.1 Å². The molecule has 1 saturated heterocycles. The molecule has 79 heavy (non-hydrogen) atoms. The molecule has 28 heteroatoms. The maximum absolute atomic E-state index is 14.3. The van der Waals surface area contributed by atoms with Gasteiger partial charge < -0.3 is 91.0 Å². The molecule has 20 N–H and O–H groups in total. The summed E-state index contributed by atoms with van der Waals surface area (Å²) < 4.78 is 0. The number of aliphatic hydroxyl groups is 3. The minimum Gasteiger partial charge on any atom is -0.394 e. The van der Waals surface area contributed by atoms with E-state index in [9.17, 15) is 68.1 Å². The Morgan fingerprint density at radius 3 is 1.68 bits per heavy atom. The first-order valence-corrected chi connectivity index (χ1v) is 26.8. The molecule has 0 unspecified atom stereocenters. The molecule has 0 radical (unpaired) electrons. The second-order valence-electron chi connectivity index (χ2n) is 19.9. The van der Waals surface area contributed by atoms with Gasteiger partial charge in [0, 0.05) is 19.4 Å². The Morgan fingerprint density at radius 2 is 1.16 bits per heavy atom. The van der Waals surface area contributed by atoms with Gasteiger partial charge in [-0.3, -0.25) is 52.7 Å². The molecule has 11 atom stereocenters. The third-order valence-electron chi connectivity index (χ3n) is 12.5. The highest BCUT2D eigenvalue weighted by molar-refractivity contribution is 5.99. The highest BCUT2D eigenvalue weighted by Gasteiger charge is 2.37. The maximum Gasteiger partial charge on any atom is 0.245 e. The van der Waals surface area contributed by atoms with Gasteiger partial charge in [-0.2, -0.15) is 0 Å². The minimum absolute atomic E-state index is 0.0234. The summed E-state index contributed by atoms with van der Waals surface area (Å²) >= 11 is 0. The van der Waals surface area contributed by atoms with Crippen molar-refractivity contribution in [1.29, 1.82) is 0 Å². The van der Waals surface area contributed by atoms with Gasteiger partial charge in [-0.25, -0.2) is 0 Å². The van der Waals surface area contributed by atoms with Gasteiger partial charge in [0.1, 0.15) is 60.2 Å². The topological polar surface area (TPSA) is 459 Å². The lowest BCUT2D eigenvalue weighted by Gasteiger charge is -2.28. The summed E-state index contributed by atoms with van der Waals surface area (Å²) in [5.74, 6) is -9.54. The highest BCUT2D eigenvalue weighted by Crippen LogP contribution is 2.11. The molecule has 1 heterocycles. The fourth-order valence-corrected chi connectivity index (χ4v) is 8.16. The van der Waals surface area contributed by atoms with Gasteiger partial charge in [-0.05, 0) is 103 Å². The fourth-order valence-electron chi connectivity index (χ4n) is 8.16. The lowest BCUT2D eigenvalue weighted by atomic mass is 10.00. The molecule has 1 aliphatic heterocycles. The number of benzene rings is 1. The van der Waals surface area contributed by atoms with E-state index in [1.165, 1.54) is 20.8 Å². The standard InChI is InChI=1S/C51H86N14O14/c1-28(2)24-37-47(75)59-33(15-19-52)43(71)58-35(17-21-54)46(74)65-41(30(4)68)50(78)56-23-18-36(45(73)57-34(16-20-53)44(72)62-38(48(76)61-37)25-32-12-8-6-9-13-32)60-49(77)39(27-66)63-51(79)42(31(5)69)64-40(70)14-10-7-11-22-55-26-29(3)67/h6,8-9,12-13,28,30-31,33-39,41-42,55,66,68-69H,7,10-11,14-27,52-54H2,1-5H3,(H,56,78)(H,57,73)(H,58,71)(H,59,75)(H,60,77)(H,61,76)(H,62,72)(H,63,79)(H,64,70)(H,65,74)/t30-,31-,33+,34+,35+,36+,37+,38-,39-,41+,42+/m1/s1. The molecule has 1 aliphatic rings. The Bertz CT molecular complexity index is 2170. The summed E-state index contributed by atoms with van der Waals surface area (Å²) in [6.07, 6.45) is -2.53. The Morgan fingerprint density at radius 1 is 0.646 bits per heavy atom. The van der Waals surface area contributed by atoms with Crippen molar-refractivity contribution in [3.05, 3.63) is 35.9 Å². The molecule has 444 valence electrons. The predicted octanol–water partition coefficient (Wildman–Crippen LogP) is -6.30. The first kappa shape index (κ1) is 68.4. The van der Waals surface area contributed by atoms with Crippen LogP contribution in [0.25, 0.3) is 0 Å². The number of Topliss-reactive ketones (excluding diaryl/α,β-unsaturated/α-hetero) is 1. The molecule has 0 bridgehead atoms. The third-order valence-corrected chi connectivity index (χ3v) is 12.5.